The highest BCUT2D eigenvalue weighted by atomic mass is 16.1. The molecule has 2 N–H and O–H groups in total. The largest absolute Gasteiger partial charge is 0.330 e. The van der Waals surface area contributed by atoms with Crippen LogP contribution in [0.15, 0.2) is 12.3 Å². The van der Waals surface area contributed by atoms with Gasteiger partial charge in [-0.1, -0.05) is 6.92 Å². The summed E-state index contributed by atoms with van der Waals surface area (Å²) in [5.41, 5.74) is 6.60. The third kappa shape index (κ3) is 5.13. The monoisotopic (exact) mass is 237 g/mol. The first kappa shape index (κ1) is 13.9. The number of aromatic nitrogens is 2. The number of hydrogen-bond acceptors (Lipinski definition) is 3. The molecule has 0 saturated heterocycles. The number of ketones is 1. The Morgan fingerprint density at radius 3 is 2.82 bits per heavy atom. The molecule has 0 radical (unpaired) electrons. The SMILES string of the molecule is CC(CCN)CCC(=O)CCc1ccnn1C. The van der Waals surface area contributed by atoms with E-state index in [4.69, 9.17) is 5.73 Å². The van der Waals surface area contributed by atoms with Gasteiger partial charge in [-0.2, -0.15) is 5.10 Å². The summed E-state index contributed by atoms with van der Waals surface area (Å²) in [5, 5.41) is 4.08. The lowest BCUT2D eigenvalue weighted by molar-refractivity contribution is -0.119. The van der Waals surface area contributed by atoms with Crippen molar-refractivity contribution in [3.63, 3.8) is 0 Å². The number of nitrogens with two attached hydrogens (primary N) is 1. The Kier molecular flexibility index (Phi) is 5.91. The highest BCUT2D eigenvalue weighted by molar-refractivity contribution is 5.78. The maximum absolute atomic E-state index is 11.7. The summed E-state index contributed by atoms with van der Waals surface area (Å²) in [6.45, 7) is 2.87. The van der Waals surface area contributed by atoms with Gasteiger partial charge in [-0.3, -0.25) is 9.48 Å². The number of carbonyl (C=O) groups is 1. The molecule has 1 aromatic rings. The van der Waals surface area contributed by atoms with Crippen LogP contribution >= 0.6 is 0 Å². The van der Waals surface area contributed by atoms with Gasteiger partial charge in [0.25, 0.3) is 0 Å². The summed E-state index contributed by atoms with van der Waals surface area (Å²) in [7, 11) is 1.91. The van der Waals surface area contributed by atoms with E-state index in [2.05, 4.69) is 12.0 Å². The quantitative estimate of drug-likeness (QED) is 0.748. The van der Waals surface area contributed by atoms with Crippen molar-refractivity contribution in [1.29, 1.82) is 0 Å². The first-order valence-corrected chi connectivity index (χ1v) is 6.32. The average molecular weight is 237 g/mol. The van der Waals surface area contributed by atoms with Crippen molar-refractivity contribution in [1.82, 2.24) is 9.78 Å². The second kappa shape index (κ2) is 7.22. The molecule has 0 amide bonds. The molecule has 0 aliphatic rings. The summed E-state index contributed by atoms with van der Waals surface area (Å²) in [5.74, 6) is 0.899. The summed E-state index contributed by atoms with van der Waals surface area (Å²) < 4.78 is 1.82. The molecular weight excluding hydrogens is 214 g/mol. The molecule has 1 heterocycles. The average Bonchev–Trinajstić information content (AvgIpc) is 2.70. The van der Waals surface area contributed by atoms with Crippen LogP contribution in [0, 0.1) is 5.92 Å². The molecule has 17 heavy (non-hydrogen) atoms. The summed E-state index contributed by atoms with van der Waals surface area (Å²) in [6.07, 6.45) is 5.83. The highest BCUT2D eigenvalue weighted by Gasteiger charge is 2.08. The van der Waals surface area contributed by atoms with Crippen molar-refractivity contribution in [2.75, 3.05) is 6.54 Å². The first-order chi connectivity index (χ1) is 8.13. The van der Waals surface area contributed by atoms with Gasteiger partial charge < -0.3 is 5.73 Å². The van der Waals surface area contributed by atoms with E-state index >= 15 is 0 Å². The molecule has 1 atom stereocenters. The fourth-order valence-electron chi connectivity index (χ4n) is 1.88. The lowest BCUT2D eigenvalue weighted by Crippen LogP contribution is -2.09. The summed E-state index contributed by atoms with van der Waals surface area (Å²) in [6, 6.07) is 1.96. The van der Waals surface area contributed by atoms with Gasteiger partial charge in [0.2, 0.25) is 0 Å². The fraction of sp³-hybridized carbons (Fsp3) is 0.692. The number of carbonyl (C=O) groups excluding carboxylic acids is 1. The van der Waals surface area contributed by atoms with Crippen molar-refractivity contribution in [2.45, 2.75) is 39.0 Å². The van der Waals surface area contributed by atoms with Crippen molar-refractivity contribution < 1.29 is 4.79 Å². The molecule has 4 heteroatoms. The Hall–Kier alpha value is -1.16. The molecule has 1 aromatic heterocycles. The number of rotatable bonds is 8. The van der Waals surface area contributed by atoms with Gasteiger partial charge in [0.1, 0.15) is 5.78 Å². The van der Waals surface area contributed by atoms with E-state index in [0.717, 1.165) is 25.0 Å². The molecule has 0 fully saturated rings. The van der Waals surface area contributed by atoms with E-state index in [1.165, 1.54) is 0 Å². The molecule has 0 aromatic carbocycles. The van der Waals surface area contributed by atoms with Gasteiger partial charge in [-0.05, 0) is 37.8 Å². The number of aryl methyl sites for hydroxylation is 2. The molecule has 0 aliphatic carbocycles. The summed E-state index contributed by atoms with van der Waals surface area (Å²) >= 11 is 0. The molecule has 0 spiro atoms. The second-order valence-corrected chi connectivity index (χ2v) is 4.71. The van der Waals surface area contributed by atoms with E-state index in [1.807, 2.05) is 17.8 Å². The molecule has 4 nitrogen and oxygen atoms in total. The smallest absolute Gasteiger partial charge is 0.133 e. The maximum Gasteiger partial charge on any atom is 0.133 e. The van der Waals surface area contributed by atoms with Crippen LogP contribution in [0.2, 0.25) is 0 Å². The van der Waals surface area contributed by atoms with E-state index in [0.29, 0.717) is 31.1 Å². The standard InChI is InChI=1S/C13H23N3O/c1-11(7-9-14)3-5-13(17)6-4-12-8-10-15-16(12)2/h8,10-11H,3-7,9,14H2,1-2H3. The van der Waals surface area contributed by atoms with Gasteiger partial charge >= 0.3 is 0 Å². The maximum atomic E-state index is 11.7. The molecule has 1 unspecified atom stereocenters. The lowest BCUT2D eigenvalue weighted by atomic mass is 9.98. The van der Waals surface area contributed by atoms with Crippen LogP contribution in [0.25, 0.3) is 0 Å². The third-order valence-corrected chi connectivity index (χ3v) is 3.16. The Morgan fingerprint density at radius 1 is 1.47 bits per heavy atom. The van der Waals surface area contributed by atoms with Crippen LogP contribution in [0.1, 0.15) is 38.3 Å². The minimum Gasteiger partial charge on any atom is -0.330 e. The lowest BCUT2D eigenvalue weighted by Gasteiger charge is -2.08. The predicted molar refractivity (Wildman–Crippen MR) is 68.6 cm³/mol. The van der Waals surface area contributed by atoms with Gasteiger partial charge in [0, 0.05) is 31.8 Å². The van der Waals surface area contributed by atoms with E-state index < -0.39 is 0 Å². The van der Waals surface area contributed by atoms with Gasteiger partial charge in [-0.25, -0.2) is 0 Å². The van der Waals surface area contributed by atoms with Crippen LogP contribution < -0.4 is 5.73 Å². The van der Waals surface area contributed by atoms with Crippen molar-refractivity contribution in [3.05, 3.63) is 18.0 Å². The molecule has 96 valence electrons. The van der Waals surface area contributed by atoms with Crippen LogP contribution in [-0.2, 0) is 18.3 Å². The Balaban J connectivity index is 2.20. The van der Waals surface area contributed by atoms with Crippen molar-refractivity contribution in [3.8, 4) is 0 Å². The van der Waals surface area contributed by atoms with Crippen LogP contribution in [0.3, 0.4) is 0 Å². The molecule has 0 aliphatic heterocycles. The van der Waals surface area contributed by atoms with Gasteiger partial charge in [-0.15, -0.1) is 0 Å². The Labute approximate surface area is 103 Å². The number of nitrogens with zero attached hydrogens (tertiary/aromatic N) is 2. The topological polar surface area (TPSA) is 60.9 Å². The third-order valence-electron chi connectivity index (χ3n) is 3.16. The molecule has 0 bridgehead atoms. The molecule has 1 rings (SSSR count). The summed E-state index contributed by atoms with van der Waals surface area (Å²) in [4.78, 5) is 11.7. The van der Waals surface area contributed by atoms with E-state index in [-0.39, 0.29) is 0 Å². The van der Waals surface area contributed by atoms with Gasteiger partial charge in [0.15, 0.2) is 0 Å². The fourth-order valence-corrected chi connectivity index (χ4v) is 1.88. The molecular formula is C13H23N3O. The van der Waals surface area contributed by atoms with Crippen LogP contribution in [0.4, 0.5) is 0 Å². The van der Waals surface area contributed by atoms with Gasteiger partial charge in [0.05, 0.1) is 0 Å². The van der Waals surface area contributed by atoms with Crippen LogP contribution in [0.5, 0.6) is 0 Å². The van der Waals surface area contributed by atoms with Crippen molar-refractivity contribution >= 4 is 5.78 Å². The zero-order chi connectivity index (χ0) is 12.7. The minimum atomic E-state index is 0.343. The van der Waals surface area contributed by atoms with E-state index in [9.17, 15) is 4.79 Å². The second-order valence-electron chi connectivity index (χ2n) is 4.71. The Morgan fingerprint density at radius 2 is 2.24 bits per heavy atom. The van der Waals surface area contributed by atoms with Crippen molar-refractivity contribution in [2.24, 2.45) is 18.7 Å². The first-order valence-electron chi connectivity index (χ1n) is 6.32. The minimum absolute atomic E-state index is 0.343. The molecule has 0 saturated carbocycles. The van der Waals surface area contributed by atoms with E-state index in [1.54, 1.807) is 6.20 Å². The number of Topliss-reactive ketones (excluding diaryl/α,β-unsaturated/α-hetero) is 1. The number of hydrogen-bond donors (Lipinski definition) is 1. The normalized spacial score (nSPS) is 12.6. The zero-order valence-corrected chi connectivity index (χ0v) is 10.9. The zero-order valence-electron chi connectivity index (χ0n) is 10.9. The highest BCUT2D eigenvalue weighted by Crippen LogP contribution is 2.11. The van der Waals surface area contributed by atoms with Crippen LogP contribution in [-0.4, -0.2) is 22.1 Å². The Bertz CT molecular complexity index is 346. The predicted octanol–water partition coefficient (Wildman–Crippen LogP) is 1.69.